The number of rotatable bonds is 8. The number of methoxy groups -OCH3 is 2. The number of benzene rings is 1. The molecule has 1 aromatic carbocycles. The Morgan fingerprint density at radius 1 is 1.25 bits per heavy atom. The van der Waals surface area contributed by atoms with Gasteiger partial charge in [-0.05, 0) is 43.0 Å². The maximum atomic E-state index is 13.0. The van der Waals surface area contributed by atoms with Crippen molar-refractivity contribution >= 4 is 11.7 Å². The van der Waals surface area contributed by atoms with E-state index in [0.717, 1.165) is 43.7 Å². The van der Waals surface area contributed by atoms with Crippen LogP contribution in [0.4, 0.5) is 5.82 Å². The van der Waals surface area contributed by atoms with Crippen LogP contribution in [0.25, 0.3) is 0 Å². The molecule has 3 rings (SSSR count). The van der Waals surface area contributed by atoms with E-state index in [1.54, 1.807) is 27.2 Å². The van der Waals surface area contributed by atoms with E-state index in [9.17, 15) is 4.79 Å². The van der Waals surface area contributed by atoms with Gasteiger partial charge in [0.05, 0.1) is 20.3 Å². The zero-order valence-corrected chi connectivity index (χ0v) is 17.1. The number of nitrogens with zero attached hydrogens (tertiary/aromatic N) is 2. The Hall–Kier alpha value is -2.54. The van der Waals surface area contributed by atoms with Crippen molar-refractivity contribution < 1.29 is 18.8 Å². The highest BCUT2D eigenvalue weighted by molar-refractivity contribution is 5.94. The van der Waals surface area contributed by atoms with Crippen molar-refractivity contribution in [3.8, 4) is 11.5 Å². The van der Waals surface area contributed by atoms with Crippen LogP contribution in [0.5, 0.6) is 11.5 Å². The number of anilines is 1. The van der Waals surface area contributed by atoms with E-state index in [0.29, 0.717) is 18.1 Å². The third-order valence-electron chi connectivity index (χ3n) is 5.20. The van der Waals surface area contributed by atoms with Crippen LogP contribution >= 0.6 is 0 Å². The van der Waals surface area contributed by atoms with E-state index in [2.05, 4.69) is 22.3 Å². The summed E-state index contributed by atoms with van der Waals surface area (Å²) in [5, 5.41) is 6.79. The molecular formula is C21H29N3O4. The van der Waals surface area contributed by atoms with Gasteiger partial charge in [0.25, 0.3) is 0 Å². The van der Waals surface area contributed by atoms with Crippen molar-refractivity contribution in [2.45, 2.75) is 52.1 Å². The lowest BCUT2D eigenvalue weighted by Crippen LogP contribution is -2.46. The number of unbranched alkanes of at least 4 members (excludes halogenated alkanes) is 1. The summed E-state index contributed by atoms with van der Waals surface area (Å²) < 4.78 is 15.9. The maximum Gasteiger partial charge on any atom is 0.242 e. The second kappa shape index (κ2) is 9.10. The molecule has 0 radical (unpaired) electrons. The summed E-state index contributed by atoms with van der Waals surface area (Å²) in [6.45, 7) is 5.47. The second-order valence-electron chi connectivity index (χ2n) is 7.17. The molecule has 0 saturated heterocycles. The average molecular weight is 387 g/mol. The molecule has 2 heterocycles. The summed E-state index contributed by atoms with van der Waals surface area (Å²) in [4.78, 5) is 15.2. The largest absolute Gasteiger partial charge is 0.493 e. The third kappa shape index (κ3) is 4.47. The molecule has 1 N–H and O–H groups in total. The minimum Gasteiger partial charge on any atom is -0.493 e. The fourth-order valence-corrected chi connectivity index (χ4v) is 3.68. The summed E-state index contributed by atoms with van der Waals surface area (Å²) in [7, 11) is 3.29. The quantitative estimate of drug-likeness (QED) is 0.746. The third-order valence-corrected chi connectivity index (χ3v) is 5.20. The van der Waals surface area contributed by atoms with Crippen LogP contribution in [0.3, 0.4) is 0 Å². The maximum absolute atomic E-state index is 13.0. The molecule has 0 spiro atoms. The Labute approximate surface area is 166 Å². The Kier molecular flexibility index (Phi) is 6.57. The van der Waals surface area contributed by atoms with Crippen molar-refractivity contribution in [2.24, 2.45) is 0 Å². The first-order chi connectivity index (χ1) is 13.5. The van der Waals surface area contributed by atoms with Crippen molar-refractivity contribution in [3.63, 3.8) is 0 Å². The van der Waals surface area contributed by atoms with Crippen molar-refractivity contribution in [1.29, 1.82) is 0 Å². The van der Waals surface area contributed by atoms with Gasteiger partial charge in [0.1, 0.15) is 5.76 Å². The van der Waals surface area contributed by atoms with Crippen LogP contribution < -0.4 is 14.8 Å². The van der Waals surface area contributed by atoms with Crippen LogP contribution in [0, 0.1) is 6.92 Å². The number of amides is 1. The molecular weight excluding hydrogens is 358 g/mol. The van der Waals surface area contributed by atoms with Gasteiger partial charge in [0.15, 0.2) is 17.3 Å². The van der Waals surface area contributed by atoms with Gasteiger partial charge >= 0.3 is 0 Å². The molecule has 2 aromatic rings. The lowest BCUT2D eigenvalue weighted by atomic mass is 9.96. The average Bonchev–Trinajstić information content (AvgIpc) is 3.11. The molecule has 0 fully saturated rings. The Morgan fingerprint density at radius 2 is 1.96 bits per heavy atom. The van der Waals surface area contributed by atoms with E-state index in [1.165, 1.54) is 11.1 Å². The molecule has 0 aliphatic carbocycles. The molecule has 0 bridgehead atoms. The molecule has 0 saturated carbocycles. The topological polar surface area (TPSA) is 76.8 Å². The fraction of sp³-hybridized carbons (Fsp3) is 0.524. The van der Waals surface area contributed by atoms with Crippen molar-refractivity contribution in [3.05, 3.63) is 35.1 Å². The minimum atomic E-state index is -0.210. The van der Waals surface area contributed by atoms with E-state index in [-0.39, 0.29) is 11.9 Å². The number of carbonyl (C=O) groups excluding carboxylic acids is 1. The van der Waals surface area contributed by atoms with Crippen LogP contribution in [0.15, 0.2) is 22.7 Å². The number of aryl methyl sites for hydroxylation is 1. The van der Waals surface area contributed by atoms with Crippen molar-refractivity contribution in [2.75, 3.05) is 26.1 Å². The van der Waals surface area contributed by atoms with Gasteiger partial charge in [0.2, 0.25) is 5.91 Å². The first-order valence-corrected chi connectivity index (χ1v) is 9.77. The van der Waals surface area contributed by atoms with Gasteiger partial charge in [-0.2, -0.15) is 0 Å². The number of carbonyl (C=O) groups is 1. The first-order valence-electron chi connectivity index (χ1n) is 9.77. The molecule has 1 aliphatic heterocycles. The number of hydrogen-bond donors (Lipinski definition) is 1. The highest BCUT2D eigenvalue weighted by Crippen LogP contribution is 2.34. The van der Waals surface area contributed by atoms with Gasteiger partial charge in [-0.25, -0.2) is 0 Å². The van der Waals surface area contributed by atoms with Gasteiger partial charge < -0.3 is 19.3 Å². The number of fused-ring (bicyclic) bond motifs is 1. The molecule has 7 nitrogen and oxygen atoms in total. The molecule has 28 heavy (non-hydrogen) atoms. The zero-order chi connectivity index (χ0) is 20.1. The zero-order valence-electron chi connectivity index (χ0n) is 17.1. The van der Waals surface area contributed by atoms with E-state index in [1.807, 2.05) is 12.1 Å². The summed E-state index contributed by atoms with van der Waals surface area (Å²) >= 11 is 0. The first kappa shape index (κ1) is 20.2. The predicted molar refractivity (Wildman–Crippen MR) is 107 cm³/mol. The summed E-state index contributed by atoms with van der Waals surface area (Å²) in [6.07, 6.45) is 3.71. The van der Waals surface area contributed by atoms with Crippen LogP contribution in [0.1, 0.15) is 43.1 Å². The Balaban J connectivity index is 1.78. The number of ether oxygens (including phenoxy) is 2. The molecule has 1 atom stereocenters. The minimum absolute atomic E-state index is 0.0364. The monoisotopic (exact) mass is 387 g/mol. The lowest BCUT2D eigenvalue weighted by molar-refractivity contribution is -0.122. The standard InChI is InChI=1S/C21H29N3O4/c1-5-6-7-17(21(25)22-20-10-14(2)28-23-20)24-9-8-15-11-18(26-3)19(27-4)12-16(15)13-24/h10-12,17H,5-9,13H2,1-4H3,(H,22,23,25)/t17-/m0/s1. The Morgan fingerprint density at radius 3 is 2.57 bits per heavy atom. The van der Waals surface area contributed by atoms with E-state index >= 15 is 0 Å². The highest BCUT2D eigenvalue weighted by atomic mass is 16.5. The molecule has 152 valence electrons. The van der Waals surface area contributed by atoms with Gasteiger partial charge in [-0.3, -0.25) is 9.69 Å². The fourth-order valence-electron chi connectivity index (χ4n) is 3.68. The van der Waals surface area contributed by atoms with Crippen LogP contribution in [0.2, 0.25) is 0 Å². The SMILES string of the molecule is CCCC[C@@H](C(=O)Nc1cc(C)on1)N1CCc2cc(OC)c(OC)cc2C1. The second-order valence-corrected chi connectivity index (χ2v) is 7.17. The number of nitrogens with one attached hydrogen (secondary N) is 1. The van der Waals surface area contributed by atoms with Crippen molar-refractivity contribution in [1.82, 2.24) is 10.1 Å². The molecule has 7 heteroatoms. The van der Waals surface area contributed by atoms with Gasteiger partial charge in [-0.15, -0.1) is 0 Å². The molecule has 1 amide bonds. The van der Waals surface area contributed by atoms with Gasteiger partial charge in [0, 0.05) is 19.2 Å². The van der Waals surface area contributed by atoms with E-state index < -0.39 is 0 Å². The summed E-state index contributed by atoms with van der Waals surface area (Å²) in [6, 6.07) is 5.59. The normalized spacial score (nSPS) is 15.0. The smallest absolute Gasteiger partial charge is 0.242 e. The number of aromatic nitrogens is 1. The van der Waals surface area contributed by atoms with Crippen LogP contribution in [-0.4, -0.2) is 42.8 Å². The lowest BCUT2D eigenvalue weighted by Gasteiger charge is -2.35. The molecule has 1 aromatic heterocycles. The highest BCUT2D eigenvalue weighted by Gasteiger charge is 2.30. The number of hydrogen-bond acceptors (Lipinski definition) is 6. The molecule has 0 unspecified atom stereocenters. The predicted octanol–water partition coefficient (Wildman–Crippen LogP) is 3.56. The molecule has 1 aliphatic rings. The summed E-state index contributed by atoms with van der Waals surface area (Å²) in [5.41, 5.74) is 2.42. The van der Waals surface area contributed by atoms with E-state index in [4.69, 9.17) is 14.0 Å². The van der Waals surface area contributed by atoms with Crippen LogP contribution in [-0.2, 0) is 17.8 Å². The van der Waals surface area contributed by atoms with Gasteiger partial charge in [-0.1, -0.05) is 24.9 Å². The summed E-state index contributed by atoms with van der Waals surface area (Å²) in [5.74, 6) is 2.57. The Bertz CT molecular complexity index is 818.